The Hall–Kier alpha value is -2.32. The second-order valence-corrected chi connectivity index (χ2v) is 9.23. The summed E-state index contributed by atoms with van der Waals surface area (Å²) in [5.74, 6) is -0.220. The first-order valence-electron chi connectivity index (χ1n) is 9.65. The average Bonchev–Trinajstić information content (AvgIpc) is 3.16. The van der Waals surface area contributed by atoms with E-state index in [9.17, 15) is 13.2 Å². The van der Waals surface area contributed by atoms with Gasteiger partial charge in [-0.3, -0.25) is 4.79 Å². The second-order valence-electron chi connectivity index (χ2n) is 7.36. The largest absolute Gasteiger partial charge is 0.438 e. The summed E-state index contributed by atoms with van der Waals surface area (Å²) in [7, 11) is -1.68. The van der Waals surface area contributed by atoms with Gasteiger partial charge in [-0.15, -0.1) is 0 Å². The van der Waals surface area contributed by atoms with Crippen LogP contribution in [-0.2, 0) is 16.6 Å². The summed E-state index contributed by atoms with van der Waals surface area (Å²) in [6.45, 7) is 2.71. The lowest BCUT2D eigenvalue weighted by Gasteiger charge is -2.24. The molecule has 1 amide bonds. The first kappa shape index (κ1) is 19.0. The number of anilines is 1. The maximum Gasteiger partial charge on any atom is 0.289 e. The molecule has 2 aromatic rings. The molecule has 0 aliphatic carbocycles. The first-order valence-corrected chi connectivity index (χ1v) is 11.1. The Balaban J connectivity index is 1.55. The number of amides is 1. The molecule has 7 nitrogen and oxygen atoms in total. The van der Waals surface area contributed by atoms with Crippen molar-refractivity contribution in [3.05, 3.63) is 47.7 Å². The van der Waals surface area contributed by atoms with E-state index in [0.717, 1.165) is 30.5 Å². The molecular formula is C20H25N3O4S. The minimum absolute atomic E-state index is 0.0672. The van der Waals surface area contributed by atoms with Gasteiger partial charge in [-0.25, -0.2) is 8.42 Å². The van der Waals surface area contributed by atoms with Crippen LogP contribution in [0.4, 0.5) is 5.69 Å². The average molecular weight is 404 g/mol. The summed E-state index contributed by atoms with van der Waals surface area (Å²) in [6, 6.07) is 10.9. The van der Waals surface area contributed by atoms with E-state index in [1.807, 2.05) is 31.3 Å². The van der Waals surface area contributed by atoms with E-state index in [1.54, 1.807) is 4.90 Å². The van der Waals surface area contributed by atoms with E-state index in [2.05, 4.69) is 4.90 Å². The maximum atomic E-state index is 13.0. The highest BCUT2D eigenvalue weighted by Crippen LogP contribution is 2.26. The number of likely N-dealkylation sites (N-methyl/N-ethyl adjacent to an activating group) is 1. The van der Waals surface area contributed by atoms with Crippen molar-refractivity contribution >= 4 is 21.6 Å². The lowest BCUT2D eigenvalue weighted by Crippen LogP contribution is -2.35. The van der Waals surface area contributed by atoms with Crippen molar-refractivity contribution < 1.29 is 17.6 Å². The van der Waals surface area contributed by atoms with Crippen LogP contribution in [0.5, 0.6) is 0 Å². The minimum atomic E-state index is -3.68. The third-order valence-electron chi connectivity index (χ3n) is 5.46. The van der Waals surface area contributed by atoms with Crippen LogP contribution >= 0.6 is 0 Å². The molecule has 0 spiro atoms. The van der Waals surface area contributed by atoms with Crippen LogP contribution in [0.15, 0.2) is 45.9 Å². The van der Waals surface area contributed by atoms with Gasteiger partial charge in [0.05, 0.1) is 0 Å². The fourth-order valence-corrected chi connectivity index (χ4v) is 5.26. The number of nitrogens with zero attached hydrogens (tertiary/aromatic N) is 3. The number of para-hydroxylation sites is 1. The highest BCUT2D eigenvalue weighted by atomic mass is 32.2. The zero-order valence-electron chi connectivity index (χ0n) is 16.0. The van der Waals surface area contributed by atoms with Gasteiger partial charge >= 0.3 is 0 Å². The van der Waals surface area contributed by atoms with Gasteiger partial charge in [0.1, 0.15) is 0 Å². The molecular weight excluding hydrogens is 378 g/mol. The number of carbonyl (C=O) groups is 1. The van der Waals surface area contributed by atoms with Crippen LogP contribution in [0, 0.1) is 0 Å². The standard InChI is InChI=1S/C20H25N3O4S/c1-21-13-14-22(15-16-7-3-4-8-17(16)21)20(24)18-9-10-19(27-18)28(25,26)23-11-5-2-6-12-23/h3-4,7-10H,2,5-6,11-15H2,1H3. The molecule has 1 fully saturated rings. The molecule has 1 saturated heterocycles. The highest BCUT2D eigenvalue weighted by molar-refractivity contribution is 7.89. The van der Waals surface area contributed by atoms with Crippen LogP contribution < -0.4 is 4.90 Å². The maximum absolute atomic E-state index is 13.0. The molecule has 8 heteroatoms. The van der Waals surface area contributed by atoms with Gasteiger partial charge in [-0.2, -0.15) is 4.31 Å². The fraction of sp³-hybridized carbons (Fsp3) is 0.450. The summed E-state index contributed by atoms with van der Waals surface area (Å²) in [5, 5.41) is -0.148. The Morgan fingerprint density at radius 3 is 2.50 bits per heavy atom. The number of rotatable bonds is 3. The molecule has 0 saturated carbocycles. The summed E-state index contributed by atoms with van der Waals surface area (Å²) >= 11 is 0. The van der Waals surface area contributed by atoms with Gasteiger partial charge in [0.25, 0.3) is 15.9 Å². The van der Waals surface area contributed by atoms with Crippen LogP contribution in [0.25, 0.3) is 0 Å². The van der Waals surface area contributed by atoms with E-state index in [1.165, 1.54) is 16.4 Å². The van der Waals surface area contributed by atoms with Gasteiger partial charge < -0.3 is 14.2 Å². The van der Waals surface area contributed by atoms with Crippen LogP contribution in [0.3, 0.4) is 0 Å². The smallest absolute Gasteiger partial charge is 0.289 e. The lowest BCUT2D eigenvalue weighted by atomic mass is 10.1. The molecule has 0 bridgehead atoms. The van der Waals surface area contributed by atoms with Crippen molar-refractivity contribution in [2.24, 2.45) is 0 Å². The number of hydrogen-bond acceptors (Lipinski definition) is 5. The molecule has 28 heavy (non-hydrogen) atoms. The number of furan rings is 1. The van der Waals surface area contributed by atoms with Gasteiger partial charge in [0.2, 0.25) is 5.09 Å². The van der Waals surface area contributed by atoms with Gasteiger partial charge in [-0.1, -0.05) is 24.6 Å². The number of carbonyl (C=O) groups excluding carboxylic acids is 1. The first-order chi connectivity index (χ1) is 13.5. The van der Waals surface area contributed by atoms with E-state index in [-0.39, 0.29) is 16.8 Å². The zero-order valence-corrected chi connectivity index (χ0v) is 16.8. The molecule has 0 unspecified atom stereocenters. The van der Waals surface area contributed by atoms with Crippen molar-refractivity contribution in [3.63, 3.8) is 0 Å². The predicted octanol–water partition coefficient (Wildman–Crippen LogP) is 2.55. The number of hydrogen-bond donors (Lipinski definition) is 0. The quantitative estimate of drug-likeness (QED) is 0.787. The summed E-state index contributed by atoms with van der Waals surface area (Å²) in [5.41, 5.74) is 2.16. The van der Waals surface area contributed by atoms with Gasteiger partial charge in [0.15, 0.2) is 5.76 Å². The van der Waals surface area contributed by atoms with Crippen molar-refractivity contribution in [2.45, 2.75) is 30.9 Å². The fourth-order valence-electron chi connectivity index (χ4n) is 3.83. The molecule has 0 radical (unpaired) electrons. The summed E-state index contributed by atoms with van der Waals surface area (Å²) < 4.78 is 32.5. The molecule has 2 aliphatic rings. The summed E-state index contributed by atoms with van der Waals surface area (Å²) in [4.78, 5) is 16.8. The molecule has 0 atom stereocenters. The summed E-state index contributed by atoms with van der Waals surface area (Å²) in [6.07, 6.45) is 2.75. The van der Waals surface area contributed by atoms with Crippen molar-refractivity contribution in [1.29, 1.82) is 0 Å². The Kier molecular flexibility index (Phi) is 5.16. The highest BCUT2D eigenvalue weighted by Gasteiger charge is 2.31. The third-order valence-corrected chi connectivity index (χ3v) is 7.23. The van der Waals surface area contributed by atoms with Crippen molar-refractivity contribution in [1.82, 2.24) is 9.21 Å². The Morgan fingerprint density at radius 2 is 1.71 bits per heavy atom. The second kappa shape index (κ2) is 7.60. The zero-order chi connectivity index (χ0) is 19.7. The number of fused-ring (bicyclic) bond motifs is 1. The molecule has 150 valence electrons. The molecule has 2 aliphatic heterocycles. The van der Waals surface area contributed by atoms with Gasteiger partial charge in [-0.05, 0) is 36.6 Å². The minimum Gasteiger partial charge on any atom is -0.438 e. The number of piperidine rings is 1. The lowest BCUT2D eigenvalue weighted by molar-refractivity contribution is 0.0713. The van der Waals surface area contributed by atoms with Crippen molar-refractivity contribution in [3.8, 4) is 0 Å². The van der Waals surface area contributed by atoms with Crippen molar-refractivity contribution in [2.75, 3.05) is 38.1 Å². The van der Waals surface area contributed by atoms with E-state index < -0.39 is 10.0 Å². The van der Waals surface area contributed by atoms with Crippen LogP contribution in [0.1, 0.15) is 35.4 Å². The van der Waals surface area contributed by atoms with E-state index in [0.29, 0.717) is 32.7 Å². The predicted molar refractivity (Wildman–Crippen MR) is 106 cm³/mol. The Bertz CT molecular complexity index is 963. The molecule has 1 aromatic heterocycles. The van der Waals surface area contributed by atoms with Crippen LogP contribution in [-0.4, -0.2) is 56.8 Å². The number of benzene rings is 1. The monoisotopic (exact) mass is 403 g/mol. The molecule has 3 heterocycles. The number of sulfonamides is 1. The van der Waals surface area contributed by atoms with E-state index >= 15 is 0 Å². The molecule has 4 rings (SSSR count). The topological polar surface area (TPSA) is 74.1 Å². The third kappa shape index (κ3) is 3.54. The SMILES string of the molecule is CN1CCN(C(=O)c2ccc(S(=O)(=O)N3CCCCC3)o2)Cc2ccccc21. The van der Waals surface area contributed by atoms with Crippen LogP contribution in [0.2, 0.25) is 0 Å². The Labute approximate surface area is 165 Å². The van der Waals surface area contributed by atoms with E-state index in [4.69, 9.17) is 4.42 Å². The van der Waals surface area contributed by atoms with Gasteiger partial charge in [0, 0.05) is 45.5 Å². The molecule has 0 N–H and O–H groups in total. The Morgan fingerprint density at radius 1 is 0.964 bits per heavy atom. The normalized spacial score (nSPS) is 18.6. The molecule has 1 aromatic carbocycles.